The quantitative estimate of drug-likeness (QED) is 0.849. The summed E-state index contributed by atoms with van der Waals surface area (Å²) in [6.07, 6.45) is 5.44. The predicted molar refractivity (Wildman–Crippen MR) is 79.5 cm³/mol. The third kappa shape index (κ3) is 2.83. The minimum Gasteiger partial charge on any atom is -0.375 e. The van der Waals surface area contributed by atoms with Crippen LogP contribution in [0.2, 0.25) is 0 Å². The molecule has 1 aromatic heterocycles. The number of amides is 1. The van der Waals surface area contributed by atoms with E-state index in [1.165, 1.54) is 0 Å². The molecule has 5 nitrogen and oxygen atoms in total. The number of benzene rings is 1. The third-order valence-electron chi connectivity index (χ3n) is 3.79. The average Bonchev–Trinajstić information content (AvgIpc) is 3.03. The van der Waals surface area contributed by atoms with Crippen LogP contribution in [0.3, 0.4) is 0 Å². The van der Waals surface area contributed by atoms with Crippen molar-refractivity contribution in [2.45, 2.75) is 26.0 Å². The molecule has 5 heteroatoms. The summed E-state index contributed by atoms with van der Waals surface area (Å²) < 4.78 is 7.48. The molecule has 0 saturated carbocycles. The molecule has 3 rings (SSSR count). The molecule has 0 bridgehead atoms. The molecule has 2 aromatic rings. The zero-order valence-electron chi connectivity index (χ0n) is 12.3. The van der Waals surface area contributed by atoms with Gasteiger partial charge in [-0.25, -0.2) is 4.98 Å². The van der Waals surface area contributed by atoms with Gasteiger partial charge in [-0.3, -0.25) is 4.79 Å². The van der Waals surface area contributed by atoms with Crippen molar-refractivity contribution in [3.8, 4) is 5.69 Å². The first kappa shape index (κ1) is 13.8. The average molecular weight is 285 g/mol. The Balaban J connectivity index is 1.78. The summed E-state index contributed by atoms with van der Waals surface area (Å²) in [5, 5.41) is 0. The summed E-state index contributed by atoms with van der Waals surface area (Å²) in [6, 6.07) is 7.71. The number of carbonyl (C=O) groups excluding carboxylic acids is 1. The summed E-state index contributed by atoms with van der Waals surface area (Å²) in [4.78, 5) is 18.5. The summed E-state index contributed by atoms with van der Waals surface area (Å²) in [5.41, 5.74) is 1.70. The van der Waals surface area contributed by atoms with Crippen molar-refractivity contribution in [3.05, 3.63) is 48.5 Å². The van der Waals surface area contributed by atoms with Crippen LogP contribution in [0.1, 0.15) is 24.2 Å². The van der Waals surface area contributed by atoms with Gasteiger partial charge >= 0.3 is 0 Å². The van der Waals surface area contributed by atoms with Crippen LogP contribution in [0, 0.1) is 0 Å². The number of hydrogen-bond donors (Lipinski definition) is 0. The van der Waals surface area contributed by atoms with E-state index >= 15 is 0 Å². The Morgan fingerprint density at radius 3 is 2.71 bits per heavy atom. The van der Waals surface area contributed by atoms with Gasteiger partial charge in [-0.1, -0.05) is 0 Å². The minimum atomic E-state index is 0.0647. The van der Waals surface area contributed by atoms with Gasteiger partial charge in [0.25, 0.3) is 5.91 Å². The molecular weight excluding hydrogens is 266 g/mol. The zero-order valence-corrected chi connectivity index (χ0v) is 12.3. The molecule has 0 spiro atoms. The van der Waals surface area contributed by atoms with E-state index < -0.39 is 0 Å². The second-order valence-corrected chi connectivity index (χ2v) is 5.47. The van der Waals surface area contributed by atoms with Crippen LogP contribution in [-0.4, -0.2) is 45.7 Å². The molecule has 1 aliphatic rings. The predicted octanol–water partition coefficient (Wildman–Crippen LogP) is 2.12. The van der Waals surface area contributed by atoms with E-state index in [-0.39, 0.29) is 18.1 Å². The van der Waals surface area contributed by atoms with Crippen LogP contribution >= 0.6 is 0 Å². The number of imidazole rings is 1. The Morgan fingerprint density at radius 2 is 2.05 bits per heavy atom. The van der Waals surface area contributed by atoms with E-state index in [9.17, 15) is 4.79 Å². The van der Waals surface area contributed by atoms with Crippen molar-refractivity contribution in [3.63, 3.8) is 0 Å². The number of nitrogens with zero attached hydrogens (tertiary/aromatic N) is 3. The molecule has 1 saturated heterocycles. The SMILES string of the molecule is CC1CN(C(=O)c2ccc(-n3ccnc3)cc2)C(C)CO1. The molecule has 2 atom stereocenters. The molecule has 0 radical (unpaired) electrons. The minimum absolute atomic E-state index is 0.0647. The molecule has 1 fully saturated rings. The van der Waals surface area contributed by atoms with Gasteiger partial charge < -0.3 is 14.2 Å². The first-order valence-corrected chi connectivity index (χ1v) is 7.16. The zero-order chi connectivity index (χ0) is 14.8. The maximum atomic E-state index is 12.6. The van der Waals surface area contributed by atoms with Crippen LogP contribution in [-0.2, 0) is 4.74 Å². The lowest BCUT2D eigenvalue weighted by atomic mass is 10.1. The number of aromatic nitrogens is 2. The molecule has 1 amide bonds. The summed E-state index contributed by atoms with van der Waals surface area (Å²) >= 11 is 0. The lowest BCUT2D eigenvalue weighted by molar-refractivity contribution is -0.0387. The van der Waals surface area contributed by atoms with Crippen LogP contribution < -0.4 is 0 Å². The van der Waals surface area contributed by atoms with Gasteiger partial charge in [-0.05, 0) is 38.1 Å². The molecule has 110 valence electrons. The van der Waals surface area contributed by atoms with Crippen molar-refractivity contribution in [1.29, 1.82) is 0 Å². The van der Waals surface area contributed by atoms with Crippen molar-refractivity contribution >= 4 is 5.91 Å². The first-order valence-electron chi connectivity index (χ1n) is 7.16. The van der Waals surface area contributed by atoms with E-state index in [4.69, 9.17) is 4.74 Å². The third-order valence-corrected chi connectivity index (χ3v) is 3.79. The molecule has 0 N–H and O–H groups in total. The summed E-state index contributed by atoms with van der Waals surface area (Å²) in [5.74, 6) is 0.0647. The Bertz CT molecular complexity index is 607. The highest BCUT2D eigenvalue weighted by Gasteiger charge is 2.28. The van der Waals surface area contributed by atoms with Crippen molar-refractivity contribution in [2.75, 3.05) is 13.2 Å². The molecule has 1 aromatic carbocycles. The fraction of sp³-hybridized carbons (Fsp3) is 0.375. The Hall–Kier alpha value is -2.14. The van der Waals surface area contributed by atoms with Gasteiger partial charge in [-0.2, -0.15) is 0 Å². The van der Waals surface area contributed by atoms with E-state index in [1.807, 2.05) is 53.8 Å². The fourth-order valence-electron chi connectivity index (χ4n) is 2.54. The smallest absolute Gasteiger partial charge is 0.254 e. The molecule has 21 heavy (non-hydrogen) atoms. The van der Waals surface area contributed by atoms with Crippen LogP contribution in [0.25, 0.3) is 5.69 Å². The van der Waals surface area contributed by atoms with E-state index in [1.54, 1.807) is 12.5 Å². The largest absolute Gasteiger partial charge is 0.375 e. The summed E-state index contributed by atoms with van der Waals surface area (Å²) in [6.45, 7) is 5.25. The lowest BCUT2D eigenvalue weighted by Gasteiger charge is -2.36. The number of hydrogen-bond acceptors (Lipinski definition) is 3. The van der Waals surface area contributed by atoms with Crippen molar-refractivity contribution < 1.29 is 9.53 Å². The topological polar surface area (TPSA) is 47.4 Å². The van der Waals surface area contributed by atoms with Crippen LogP contribution in [0.5, 0.6) is 0 Å². The van der Waals surface area contributed by atoms with E-state index in [0.717, 1.165) is 5.69 Å². The molecule has 2 unspecified atom stereocenters. The second-order valence-electron chi connectivity index (χ2n) is 5.47. The molecule has 0 aliphatic carbocycles. The van der Waals surface area contributed by atoms with Gasteiger partial charge in [0, 0.05) is 30.2 Å². The maximum Gasteiger partial charge on any atom is 0.254 e. The van der Waals surface area contributed by atoms with Gasteiger partial charge in [0.1, 0.15) is 0 Å². The molecule has 1 aliphatic heterocycles. The van der Waals surface area contributed by atoms with Gasteiger partial charge in [0.15, 0.2) is 0 Å². The Labute approximate surface area is 124 Å². The van der Waals surface area contributed by atoms with E-state index in [0.29, 0.717) is 18.7 Å². The molecule has 2 heterocycles. The van der Waals surface area contributed by atoms with Crippen LogP contribution in [0.15, 0.2) is 43.0 Å². The maximum absolute atomic E-state index is 12.6. The van der Waals surface area contributed by atoms with Crippen molar-refractivity contribution in [1.82, 2.24) is 14.5 Å². The van der Waals surface area contributed by atoms with Gasteiger partial charge in [0.2, 0.25) is 0 Å². The number of morpholine rings is 1. The van der Waals surface area contributed by atoms with Crippen LogP contribution in [0.4, 0.5) is 0 Å². The van der Waals surface area contributed by atoms with Gasteiger partial charge in [-0.15, -0.1) is 0 Å². The highest BCUT2D eigenvalue weighted by molar-refractivity contribution is 5.94. The fourth-order valence-corrected chi connectivity index (χ4v) is 2.54. The number of carbonyl (C=O) groups is 1. The Morgan fingerprint density at radius 1 is 1.29 bits per heavy atom. The molecular formula is C16H19N3O2. The second kappa shape index (κ2) is 5.69. The standard InChI is InChI=1S/C16H19N3O2/c1-12-10-21-13(2)9-19(12)16(20)14-3-5-15(6-4-14)18-8-7-17-11-18/h3-8,11-13H,9-10H2,1-2H3. The normalized spacial score (nSPS) is 22.3. The van der Waals surface area contributed by atoms with E-state index in [2.05, 4.69) is 4.98 Å². The first-order chi connectivity index (χ1) is 10.1. The number of ether oxygens (including phenoxy) is 1. The highest BCUT2D eigenvalue weighted by atomic mass is 16.5. The highest BCUT2D eigenvalue weighted by Crippen LogP contribution is 2.17. The lowest BCUT2D eigenvalue weighted by Crippen LogP contribution is -2.50. The Kier molecular flexibility index (Phi) is 3.75. The number of rotatable bonds is 2. The monoisotopic (exact) mass is 285 g/mol. The van der Waals surface area contributed by atoms with Crippen molar-refractivity contribution in [2.24, 2.45) is 0 Å². The van der Waals surface area contributed by atoms with Gasteiger partial charge in [0.05, 0.1) is 25.1 Å². The summed E-state index contributed by atoms with van der Waals surface area (Å²) in [7, 11) is 0.